The molecule has 0 saturated carbocycles. The Bertz CT molecular complexity index is 8710. The van der Waals surface area contributed by atoms with Crippen molar-refractivity contribution in [2.45, 2.75) is 0 Å². The maximum absolute atomic E-state index is 6.32. The molecule has 0 aliphatic heterocycles. The molecule has 0 spiro atoms. The van der Waals surface area contributed by atoms with Crippen LogP contribution < -0.4 is 0 Å². The Balaban J connectivity index is 0.000000107. The van der Waals surface area contributed by atoms with Crippen molar-refractivity contribution in [3.05, 3.63) is 413 Å². The number of thiophene rings is 1. The van der Waals surface area contributed by atoms with Crippen LogP contribution in [0.4, 0.5) is 0 Å². The van der Waals surface area contributed by atoms with E-state index in [4.69, 9.17) is 64.2 Å². The summed E-state index contributed by atoms with van der Waals surface area (Å²) in [6.45, 7) is 0. The first-order chi connectivity index (χ1) is 65.8. The molecule has 0 aliphatic rings. The smallest absolute Gasteiger partial charge is 0.164 e. The standard InChI is InChI=1S/C40H24N4S.C38H22N4OS.C38H22N4S2/c1-3-11-25(12-4-1)37-42-38(26-13-5-2-6-14-26)44-39(43-37)29-19-21-31-28(23-29)20-22-35-36(31)41-40(45-35)34-24-27-15-7-8-16-30(27)32-17-9-10-18-33(32)34;2*1-3-10-23(11-4-1)35-40-36(24-12-5-2-6-13-24)42-37(41-35)26-18-20-27-25(22-26)19-21-32-33(27)39-38(44-32)30-16-9-15-29-28-14-7-8-17-31(28)43-34(29)30/h1-24H;2*1-22H. The highest BCUT2D eigenvalue weighted by Crippen LogP contribution is 2.47. The van der Waals surface area contributed by atoms with Crippen LogP contribution in [-0.2, 0) is 0 Å². The zero-order valence-corrected chi connectivity index (χ0v) is 73.9. The van der Waals surface area contributed by atoms with E-state index >= 15 is 0 Å². The van der Waals surface area contributed by atoms with Crippen LogP contribution >= 0.6 is 45.3 Å². The van der Waals surface area contributed by atoms with E-state index in [9.17, 15) is 0 Å². The fourth-order valence-corrected chi connectivity index (χ4v) is 22.1. The molecule has 0 amide bonds. The normalized spacial score (nSPS) is 11.6. The lowest BCUT2D eigenvalue weighted by molar-refractivity contribution is 0.670. The van der Waals surface area contributed by atoms with Crippen LogP contribution in [0.3, 0.4) is 0 Å². The first-order valence-corrected chi connectivity index (χ1v) is 47.0. The van der Waals surface area contributed by atoms with E-state index in [0.717, 1.165) is 146 Å². The van der Waals surface area contributed by atoms with Gasteiger partial charge in [-0.05, 0) is 98.4 Å². The second kappa shape index (κ2) is 33.4. The molecule has 0 fully saturated rings. The number of furan rings is 1. The zero-order valence-electron chi connectivity index (χ0n) is 70.7. The summed E-state index contributed by atoms with van der Waals surface area (Å²) in [6, 6.07) is 142. The number of benzene rings is 19. The first kappa shape index (κ1) is 78.5. The van der Waals surface area contributed by atoms with E-state index in [2.05, 4.69) is 212 Å². The van der Waals surface area contributed by atoms with Gasteiger partial charge < -0.3 is 4.42 Å². The van der Waals surface area contributed by atoms with Gasteiger partial charge in [-0.25, -0.2) is 59.8 Å². The Morgan fingerprint density at radius 1 is 0.165 bits per heavy atom. The predicted molar refractivity (Wildman–Crippen MR) is 552 cm³/mol. The number of hydrogen-bond donors (Lipinski definition) is 0. The van der Waals surface area contributed by atoms with E-state index in [0.29, 0.717) is 52.4 Å². The molecule has 0 saturated heterocycles. The predicted octanol–water partition coefficient (Wildman–Crippen LogP) is 31.5. The lowest BCUT2D eigenvalue weighted by Gasteiger charge is -2.09. The number of hydrogen-bond acceptors (Lipinski definition) is 17. The Hall–Kier alpha value is -16.8. The molecule has 622 valence electrons. The van der Waals surface area contributed by atoms with E-state index in [1.165, 1.54) is 62.2 Å². The molecule has 13 nitrogen and oxygen atoms in total. The monoisotopic (exact) mass is 1770 g/mol. The molecule has 0 atom stereocenters. The minimum atomic E-state index is 0.634. The van der Waals surface area contributed by atoms with Gasteiger partial charge in [-0.1, -0.05) is 352 Å². The van der Waals surface area contributed by atoms with Crippen molar-refractivity contribution in [1.82, 2.24) is 59.8 Å². The summed E-state index contributed by atoms with van der Waals surface area (Å²) in [5.41, 5.74) is 16.7. The Morgan fingerprint density at radius 3 is 0.910 bits per heavy atom. The number of thiazole rings is 3. The van der Waals surface area contributed by atoms with Gasteiger partial charge in [0.1, 0.15) is 26.2 Å². The Labute approximate surface area is 776 Å². The number of aromatic nitrogens is 12. The van der Waals surface area contributed by atoms with Gasteiger partial charge in [0, 0.05) is 108 Å². The number of para-hydroxylation sites is 2. The average Bonchev–Trinajstić information content (AvgIpc) is 1.56. The van der Waals surface area contributed by atoms with E-state index < -0.39 is 0 Å². The summed E-state index contributed by atoms with van der Waals surface area (Å²) in [5.74, 6) is 5.84. The minimum Gasteiger partial charge on any atom is -0.455 e. The van der Waals surface area contributed by atoms with Gasteiger partial charge in [-0.3, -0.25) is 0 Å². The van der Waals surface area contributed by atoms with Gasteiger partial charge in [0.15, 0.2) is 52.4 Å². The average molecular weight is 1770 g/mol. The second-order valence-electron chi connectivity index (χ2n) is 32.5. The maximum atomic E-state index is 6.32. The van der Waals surface area contributed by atoms with Crippen molar-refractivity contribution in [3.63, 3.8) is 0 Å². The molecule has 0 unspecified atom stereocenters. The molecule has 0 radical (unpaired) electrons. The van der Waals surface area contributed by atoms with E-state index in [1.54, 1.807) is 34.0 Å². The Kier molecular flexibility index (Phi) is 19.7. The SMILES string of the molecule is c1ccc(-c2nc(-c3ccccc3)nc(-c3ccc4c(ccc5sc(-c6cc7ccccc7c7ccccc67)nc54)c3)n2)cc1.c1ccc(-c2nc(-c3ccccc3)nc(-c3ccc4c(ccc5sc(-c6cccc7c6oc6ccccc67)nc54)c3)n2)cc1.c1ccc(-c2nc(-c3ccccc3)nc(-c3ccc4c(ccc5sc(-c6cccc7c6sc6ccccc67)nc54)c3)n2)cc1. The molecule has 8 heterocycles. The van der Waals surface area contributed by atoms with Crippen LogP contribution in [0.5, 0.6) is 0 Å². The molecule has 133 heavy (non-hydrogen) atoms. The van der Waals surface area contributed by atoms with Crippen molar-refractivity contribution in [3.8, 4) is 134 Å². The van der Waals surface area contributed by atoms with Crippen molar-refractivity contribution in [2.75, 3.05) is 0 Å². The van der Waals surface area contributed by atoms with Crippen molar-refractivity contribution in [2.24, 2.45) is 0 Å². The van der Waals surface area contributed by atoms with Gasteiger partial charge in [0.05, 0.1) is 36.2 Å². The van der Waals surface area contributed by atoms with Crippen LogP contribution in [0.2, 0.25) is 0 Å². The van der Waals surface area contributed by atoms with Gasteiger partial charge in [-0.15, -0.1) is 45.3 Å². The highest BCUT2D eigenvalue weighted by atomic mass is 32.1. The molecule has 0 bridgehead atoms. The van der Waals surface area contributed by atoms with Crippen LogP contribution in [0, 0.1) is 0 Å². The number of rotatable bonds is 12. The zero-order chi connectivity index (χ0) is 87.8. The largest absolute Gasteiger partial charge is 0.455 e. The highest BCUT2D eigenvalue weighted by molar-refractivity contribution is 7.27. The van der Waals surface area contributed by atoms with E-state index in [-0.39, 0.29) is 0 Å². The van der Waals surface area contributed by atoms with Gasteiger partial charge in [-0.2, -0.15) is 0 Å². The fourth-order valence-electron chi connectivity index (χ4n) is 17.8. The van der Waals surface area contributed by atoms with Crippen molar-refractivity contribution in [1.29, 1.82) is 0 Å². The lowest BCUT2D eigenvalue weighted by Crippen LogP contribution is -2.00. The lowest BCUT2D eigenvalue weighted by atomic mass is 9.97. The molecule has 27 rings (SSSR count). The van der Waals surface area contributed by atoms with Crippen LogP contribution in [0.1, 0.15) is 0 Å². The topological polar surface area (TPSA) is 168 Å². The van der Waals surface area contributed by atoms with Crippen molar-refractivity contribution >= 4 is 172 Å². The van der Waals surface area contributed by atoms with Crippen LogP contribution in [0.25, 0.3) is 261 Å². The minimum absolute atomic E-state index is 0.634. The third-order valence-electron chi connectivity index (χ3n) is 24.3. The molecule has 0 N–H and O–H groups in total. The molecular formula is C116H68N12OS4. The summed E-state index contributed by atoms with van der Waals surface area (Å²) < 4.78 is 12.4. The molecule has 27 aromatic rings. The first-order valence-electron chi connectivity index (χ1n) is 43.7. The van der Waals surface area contributed by atoms with Crippen LogP contribution in [0.15, 0.2) is 417 Å². The molecule has 8 aromatic heterocycles. The Morgan fingerprint density at radius 2 is 0.481 bits per heavy atom. The summed E-state index contributed by atoms with van der Waals surface area (Å²) in [6.07, 6.45) is 0. The summed E-state index contributed by atoms with van der Waals surface area (Å²) in [4.78, 5) is 59.7. The quantitative estimate of drug-likeness (QED) is 0.106. The van der Waals surface area contributed by atoms with Gasteiger partial charge in [0.2, 0.25) is 0 Å². The highest BCUT2D eigenvalue weighted by Gasteiger charge is 2.24. The van der Waals surface area contributed by atoms with Crippen LogP contribution in [-0.4, -0.2) is 59.8 Å². The molecule has 19 aromatic carbocycles. The molecule has 17 heteroatoms. The summed E-state index contributed by atoms with van der Waals surface area (Å²) >= 11 is 7.03. The fraction of sp³-hybridized carbons (Fsp3) is 0. The van der Waals surface area contributed by atoms with Gasteiger partial charge >= 0.3 is 0 Å². The summed E-state index contributed by atoms with van der Waals surface area (Å²) in [7, 11) is 0. The van der Waals surface area contributed by atoms with Gasteiger partial charge in [0.25, 0.3) is 0 Å². The van der Waals surface area contributed by atoms with Crippen molar-refractivity contribution < 1.29 is 4.42 Å². The van der Waals surface area contributed by atoms with E-state index in [1.807, 2.05) is 212 Å². The second-order valence-corrected chi connectivity index (χ2v) is 36.6. The maximum Gasteiger partial charge on any atom is 0.164 e. The third-order valence-corrected chi connectivity index (χ3v) is 28.6. The third kappa shape index (κ3) is 14.7. The summed E-state index contributed by atoms with van der Waals surface area (Å²) in [5, 5.41) is 19.4. The number of fused-ring (bicyclic) bond motifs is 18. The molecule has 0 aliphatic carbocycles. The number of nitrogens with zero attached hydrogens (tertiary/aromatic N) is 12. The molecular weight excluding hydrogens is 1710 g/mol.